The molecule has 0 aromatic heterocycles. The van der Waals surface area contributed by atoms with Crippen LogP contribution in [0.1, 0.15) is 11.1 Å². The molecule has 2 aromatic carbocycles. The maximum Gasteiger partial charge on any atom is 0.270 e. The van der Waals surface area contributed by atoms with Gasteiger partial charge in [-0.25, -0.2) is 0 Å². The van der Waals surface area contributed by atoms with E-state index in [1.54, 1.807) is 12.1 Å². The number of phenolic OH excluding ortho intramolecular Hbond substituents is 2. The Labute approximate surface area is 149 Å². The van der Waals surface area contributed by atoms with Gasteiger partial charge in [-0.05, 0) is 12.1 Å². The third-order valence-corrected chi connectivity index (χ3v) is 3.18. The number of nitrogens with one attached hydrogen (secondary N) is 1. The average Bonchev–Trinajstić information content (AvgIpc) is 2.53. The molecule has 0 unspecified atom stereocenters. The zero-order valence-corrected chi connectivity index (χ0v) is 13.8. The van der Waals surface area contributed by atoms with Crippen LogP contribution in [0.3, 0.4) is 0 Å². The van der Waals surface area contributed by atoms with Gasteiger partial charge in [0.1, 0.15) is 11.5 Å². The van der Waals surface area contributed by atoms with Crippen LogP contribution in [0.5, 0.6) is 11.5 Å². The number of para-hydroxylation sites is 1. The predicted octanol–water partition coefficient (Wildman–Crippen LogP) is 2.21. The van der Waals surface area contributed by atoms with Crippen LogP contribution in [0.4, 0.5) is 5.69 Å². The van der Waals surface area contributed by atoms with E-state index < -0.39 is 4.92 Å². The van der Waals surface area contributed by atoms with Crippen LogP contribution in [0.15, 0.2) is 47.5 Å². The molecule has 0 amide bonds. The summed E-state index contributed by atoms with van der Waals surface area (Å²) in [6.07, 6.45) is 1.41. The molecule has 2 rings (SSSR count). The number of nitro groups is 1. The molecule has 0 radical (unpaired) electrons. The molecule has 0 heterocycles. The van der Waals surface area contributed by atoms with Crippen molar-refractivity contribution in [1.82, 2.24) is 5.32 Å². The molecule has 8 heteroatoms. The molecule has 0 saturated carbocycles. The molecule has 24 heavy (non-hydrogen) atoms. The number of nitrogens with zero attached hydrogens (tertiary/aromatic N) is 2. The summed E-state index contributed by atoms with van der Waals surface area (Å²) in [6.45, 7) is 1.53. The Morgan fingerprint density at radius 3 is 2.62 bits per heavy atom. The quantitative estimate of drug-likeness (QED) is 0.227. The van der Waals surface area contributed by atoms with Crippen molar-refractivity contribution in [2.24, 2.45) is 4.99 Å². The summed E-state index contributed by atoms with van der Waals surface area (Å²) < 4.78 is 0. The summed E-state index contributed by atoms with van der Waals surface area (Å²) in [4.78, 5) is 14.3. The van der Waals surface area contributed by atoms with Crippen molar-refractivity contribution in [2.75, 3.05) is 13.1 Å². The van der Waals surface area contributed by atoms with E-state index in [9.17, 15) is 20.3 Å². The largest absolute Gasteiger partial charge is 0.508 e. The van der Waals surface area contributed by atoms with E-state index in [-0.39, 0.29) is 34.3 Å². The number of nitro benzene ring substituents is 1. The van der Waals surface area contributed by atoms with Crippen molar-refractivity contribution in [3.05, 3.63) is 63.7 Å². The molecule has 2 aromatic rings. The number of hydrogen-bond donors (Lipinski definition) is 3. The van der Waals surface area contributed by atoms with Gasteiger partial charge in [0.25, 0.3) is 5.69 Å². The molecule has 0 aliphatic carbocycles. The predicted molar refractivity (Wildman–Crippen MR) is 87.0 cm³/mol. The monoisotopic (exact) mass is 371 g/mol. The van der Waals surface area contributed by atoms with Gasteiger partial charge < -0.3 is 15.5 Å². The van der Waals surface area contributed by atoms with Crippen LogP contribution in [-0.4, -0.2) is 34.4 Å². The summed E-state index contributed by atoms with van der Waals surface area (Å²) in [5, 5.41) is 33.1. The summed E-state index contributed by atoms with van der Waals surface area (Å²) in [6, 6.07) is 10.8. The smallest absolute Gasteiger partial charge is 0.270 e. The first-order valence-corrected chi connectivity index (χ1v) is 7.03. The minimum atomic E-state index is -0.523. The van der Waals surface area contributed by atoms with Gasteiger partial charge in [0, 0.05) is 59.6 Å². The second kappa shape index (κ2) is 9.67. The van der Waals surface area contributed by atoms with E-state index >= 15 is 0 Å². The summed E-state index contributed by atoms with van der Waals surface area (Å²) in [5.41, 5.74) is 1.01. The second-order valence-electron chi connectivity index (χ2n) is 4.84. The number of benzene rings is 2. The van der Waals surface area contributed by atoms with Gasteiger partial charge in [-0.1, -0.05) is 18.2 Å². The van der Waals surface area contributed by atoms with Crippen LogP contribution in [-0.2, 0) is 23.6 Å². The van der Waals surface area contributed by atoms with Crippen molar-refractivity contribution in [1.29, 1.82) is 0 Å². The van der Waals surface area contributed by atoms with Gasteiger partial charge in [0.15, 0.2) is 0 Å². The molecule has 128 valence electrons. The fourth-order valence-corrected chi connectivity index (χ4v) is 1.95. The Bertz CT molecular complexity index is 722. The van der Waals surface area contributed by atoms with Gasteiger partial charge in [-0.2, -0.15) is 0 Å². The normalized spacial score (nSPS) is 10.5. The van der Waals surface area contributed by atoms with Gasteiger partial charge in [-0.15, -0.1) is 0 Å². The van der Waals surface area contributed by atoms with E-state index in [0.717, 1.165) is 5.56 Å². The number of rotatable bonds is 7. The zero-order valence-electron chi connectivity index (χ0n) is 12.7. The molecular formula is C16H17FeN3O4. The number of aliphatic imine (C=N–C) groups is 1. The molecule has 0 atom stereocenters. The molecule has 0 spiro atoms. The van der Waals surface area contributed by atoms with Crippen molar-refractivity contribution in [3.63, 3.8) is 0 Å². The maximum atomic E-state index is 10.7. The van der Waals surface area contributed by atoms with Crippen LogP contribution in [0.2, 0.25) is 0 Å². The zero-order chi connectivity index (χ0) is 16.7. The topological polar surface area (TPSA) is 108 Å². The number of hydrogen-bond acceptors (Lipinski definition) is 6. The Morgan fingerprint density at radius 1 is 1.17 bits per heavy atom. The maximum absolute atomic E-state index is 10.7. The first-order valence-electron chi connectivity index (χ1n) is 7.03. The van der Waals surface area contributed by atoms with E-state index in [2.05, 4.69) is 10.3 Å². The SMILES string of the molecule is O=[N+]([O-])c1ccc(O)c(C=NCCNCc2ccccc2O)c1.[Fe]. The summed E-state index contributed by atoms with van der Waals surface area (Å²) >= 11 is 0. The molecule has 0 fully saturated rings. The molecule has 3 N–H and O–H groups in total. The van der Waals surface area contributed by atoms with Gasteiger partial charge in [0.2, 0.25) is 0 Å². The van der Waals surface area contributed by atoms with Crippen LogP contribution >= 0.6 is 0 Å². The van der Waals surface area contributed by atoms with E-state index in [1.807, 2.05) is 12.1 Å². The van der Waals surface area contributed by atoms with E-state index in [0.29, 0.717) is 25.2 Å². The van der Waals surface area contributed by atoms with E-state index in [1.165, 1.54) is 24.4 Å². The Hall–Kier alpha value is -2.41. The van der Waals surface area contributed by atoms with Crippen molar-refractivity contribution < 1.29 is 32.2 Å². The third-order valence-electron chi connectivity index (χ3n) is 3.18. The minimum absolute atomic E-state index is 0. The molecule has 0 saturated heterocycles. The Balaban J connectivity index is 0.00000288. The number of phenols is 2. The average molecular weight is 371 g/mol. The van der Waals surface area contributed by atoms with Crippen molar-refractivity contribution in [2.45, 2.75) is 6.54 Å². The van der Waals surface area contributed by atoms with Crippen LogP contribution < -0.4 is 5.32 Å². The standard InChI is InChI=1S/C16H17N3O4.Fe/c20-15-4-2-1-3-12(15)10-17-7-8-18-11-13-9-14(19(22)23)5-6-16(13)21;/h1-6,9,11,17,20-21H,7-8,10H2;. The fourth-order valence-electron chi connectivity index (χ4n) is 1.95. The van der Waals surface area contributed by atoms with Crippen LogP contribution in [0, 0.1) is 10.1 Å². The van der Waals surface area contributed by atoms with Crippen molar-refractivity contribution in [3.8, 4) is 11.5 Å². The Morgan fingerprint density at radius 2 is 1.92 bits per heavy atom. The summed E-state index contributed by atoms with van der Waals surface area (Å²) in [5.74, 6) is 0.187. The third kappa shape index (κ3) is 5.66. The molecular weight excluding hydrogens is 354 g/mol. The first-order chi connectivity index (χ1) is 11.1. The number of non-ortho nitro benzene ring substituents is 1. The van der Waals surface area contributed by atoms with Gasteiger partial charge >= 0.3 is 0 Å². The van der Waals surface area contributed by atoms with Gasteiger partial charge in [-0.3, -0.25) is 15.1 Å². The molecule has 0 aliphatic heterocycles. The number of aromatic hydroxyl groups is 2. The molecule has 0 bridgehead atoms. The second-order valence-corrected chi connectivity index (χ2v) is 4.84. The van der Waals surface area contributed by atoms with E-state index in [4.69, 9.17) is 0 Å². The minimum Gasteiger partial charge on any atom is -0.508 e. The van der Waals surface area contributed by atoms with Gasteiger partial charge in [0.05, 0.1) is 11.5 Å². The molecule has 0 aliphatic rings. The molecule has 7 nitrogen and oxygen atoms in total. The fraction of sp³-hybridized carbons (Fsp3) is 0.188. The van der Waals surface area contributed by atoms with Crippen LogP contribution in [0.25, 0.3) is 0 Å². The van der Waals surface area contributed by atoms with Crippen molar-refractivity contribution >= 4 is 11.9 Å². The Kier molecular flexibility index (Phi) is 7.91. The summed E-state index contributed by atoms with van der Waals surface area (Å²) in [7, 11) is 0. The first kappa shape index (κ1) is 19.6.